The lowest BCUT2D eigenvalue weighted by Crippen LogP contribution is -2.59. The smallest absolute Gasteiger partial charge is 0.407 e. The molecule has 1 aromatic carbocycles. The molecule has 0 radical (unpaired) electrons. The number of ether oxygens (including phenoxy) is 1. The van der Waals surface area contributed by atoms with Crippen molar-refractivity contribution in [1.82, 2.24) is 5.32 Å². The minimum Gasteiger partial charge on any atom is -0.444 e. The van der Waals surface area contributed by atoms with Crippen LogP contribution in [0.1, 0.15) is 79.2 Å². The molecule has 1 amide bonds. The zero-order chi connectivity index (χ0) is 26.3. The quantitative estimate of drug-likeness (QED) is 0.373. The molecule has 0 aliphatic heterocycles. The molecular formula is C29H47NO4Si. The third kappa shape index (κ3) is 5.85. The third-order valence-corrected chi connectivity index (χ3v) is 9.53. The molecule has 6 heteroatoms. The molecule has 2 saturated carbocycles. The Morgan fingerprint density at radius 1 is 1.11 bits per heavy atom. The van der Waals surface area contributed by atoms with Crippen LogP contribution in [0, 0.1) is 16.7 Å². The molecule has 0 aromatic heterocycles. The van der Waals surface area contributed by atoms with E-state index in [0.29, 0.717) is 12.3 Å². The molecule has 196 valence electrons. The summed E-state index contributed by atoms with van der Waals surface area (Å²) in [4.78, 5) is 27.0. The fourth-order valence-corrected chi connectivity index (χ4v) is 7.95. The maximum atomic E-state index is 14.3. The van der Waals surface area contributed by atoms with Gasteiger partial charge in [0.2, 0.25) is 0 Å². The normalized spacial score (nSPS) is 28.5. The molecule has 0 heterocycles. The Balaban J connectivity index is 1.87. The van der Waals surface area contributed by atoms with Gasteiger partial charge in [-0.05, 0) is 89.4 Å². The van der Waals surface area contributed by atoms with Gasteiger partial charge in [-0.15, -0.1) is 0 Å². The van der Waals surface area contributed by atoms with E-state index in [9.17, 15) is 9.59 Å². The van der Waals surface area contributed by atoms with E-state index in [2.05, 4.69) is 57.9 Å². The van der Waals surface area contributed by atoms with Crippen molar-refractivity contribution in [3.05, 3.63) is 35.9 Å². The van der Waals surface area contributed by atoms with Crippen LogP contribution in [0.25, 0.3) is 0 Å². The first-order valence-electron chi connectivity index (χ1n) is 13.3. The Morgan fingerprint density at radius 3 is 2.23 bits per heavy atom. The van der Waals surface area contributed by atoms with Gasteiger partial charge in [0, 0.05) is 17.9 Å². The third-order valence-electron chi connectivity index (χ3n) is 8.57. The summed E-state index contributed by atoms with van der Waals surface area (Å²) >= 11 is 0. The van der Waals surface area contributed by atoms with Gasteiger partial charge in [-0.3, -0.25) is 4.79 Å². The summed E-state index contributed by atoms with van der Waals surface area (Å²) in [5.74, 6) is 0.626. The largest absolute Gasteiger partial charge is 0.444 e. The van der Waals surface area contributed by atoms with Gasteiger partial charge < -0.3 is 14.5 Å². The molecule has 2 fully saturated rings. The highest BCUT2D eigenvalue weighted by atomic mass is 28.4. The van der Waals surface area contributed by atoms with Crippen molar-refractivity contribution < 1.29 is 18.8 Å². The van der Waals surface area contributed by atoms with E-state index in [1.54, 1.807) is 0 Å². The first-order valence-corrected chi connectivity index (χ1v) is 16.7. The first kappa shape index (κ1) is 27.9. The standard InChI is InChI=1S/C29H47NO4Si/c1-26(2,3)33-25(32)30-23(16-15-21-13-11-10-12-14-21)19-24(31)29(34-35(7,8)9)20-22-17-18-28(29,6)27(22,4)5/h10-14,22-23H,15-20H2,1-9H3,(H,30,32)/t22-,23-,28-,29-/m1/s1. The number of carbonyl (C=O) groups is 2. The molecular weight excluding hydrogens is 454 g/mol. The van der Waals surface area contributed by atoms with Crippen LogP contribution in [0.5, 0.6) is 0 Å². The minimum atomic E-state index is -2.02. The molecule has 4 atom stereocenters. The predicted molar refractivity (Wildman–Crippen MR) is 144 cm³/mol. The molecule has 2 aliphatic carbocycles. The van der Waals surface area contributed by atoms with Gasteiger partial charge in [-0.25, -0.2) is 4.79 Å². The van der Waals surface area contributed by atoms with Gasteiger partial charge in [0.15, 0.2) is 14.1 Å². The fourth-order valence-electron chi connectivity index (χ4n) is 6.48. The summed E-state index contributed by atoms with van der Waals surface area (Å²) in [5, 5.41) is 3.03. The van der Waals surface area contributed by atoms with Gasteiger partial charge in [0.1, 0.15) is 11.2 Å². The monoisotopic (exact) mass is 501 g/mol. The van der Waals surface area contributed by atoms with Crippen molar-refractivity contribution in [2.75, 3.05) is 0 Å². The van der Waals surface area contributed by atoms with Crippen molar-refractivity contribution in [2.45, 2.75) is 117 Å². The lowest BCUT2D eigenvalue weighted by atomic mass is 9.62. The Bertz CT molecular complexity index is 917. The molecule has 0 saturated heterocycles. The summed E-state index contributed by atoms with van der Waals surface area (Å²) in [7, 11) is -2.02. The van der Waals surface area contributed by atoms with E-state index in [-0.39, 0.29) is 29.1 Å². The van der Waals surface area contributed by atoms with Crippen LogP contribution in [-0.2, 0) is 20.4 Å². The van der Waals surface area contributed by atoms with E-state index in [1.807, 2.05) is 39.0 Å². The number of carbonyl (C=O) groups excluding carboxylic acids is 2. The number of hydrogen-bond donors (Lipinski definition) is 1. The predicted octanol–water partition coefficient (Wildman–Crippen LogP) is 6.91. The molecule has 0 unspecified atom stereocenters. The molecule has 5 nitrogen and oxygen atoms in total. The maximum Gasteiger partial charge on any atom is 0.407 e. The Labute approximate surface area is 213 Å². The number of rotatable bonds is 9. The number of nitrogens with one attached hydrogen (secondary N) is 1. The van der Waals surface area contributed by atoms with Crippen molar-refractivity contribution in [2.24, 2.45) is 16.7 Å². The number of amides is 1. The van der Waals surface area contributed by atoms with Gasteiger partial charge in [-0.1, -0.05) is 51.1 Å². The van der Waals surface area contributed by atoms with Crippen molar-refractivity contribution in [3.8, 4) is 0 Å². The highest BCUT2D eigenvalue weighted by Crippen LogP contribution is 2.71. The summed E-state index contributed by atoms with van der Waals surface area (Å²) < 4.78 is 12.5. The summed E-state index contributed by atoms with van der Waals surface area (Å²) in [6.45, 7) is 19.0. The van der Waals surface area contributed by atoms with Gasteiger partial charge in [0.05, 0.1) is 0 Å². The summed E-state index contributed by atoms with van der Waals surface area (Å²) in [6, 6.07) is 9.89. The second kappa shape index (κ2) is 9.66. The van der Waals surface area contributed by atoms with E-state index in [0.717, 1.165) is 25.7 Å². The zero-order valence-electron chi connectivity index (χ0n) is 23.4. The molecule has 35 heavy (non-hydrogen) atoms. The summed E-state index contributed by atoms with van der Waals surface area (Å²) in [5.41, 5.74) is -0.359. The lowest BCUT2D eigenvalue weighted by Gasteiger charge is -2.50. The van der Waals surface area contributed by atoms with Crippen LogP contribution in [0.15, 0.2) is 30.3 Å². The molecule has 3 rings (SSSR count). The second-order valence-corrected chi connectivity index (χ2v) is 18.0. The lowest BCUT2D eigenvalue weighted by molar-refractivity contribution is -0.152. The fraction of sp³-hybridized carbons (Fsp3) is 0.724. The van der Waals surface area contributed by atoms with Gasteiger partial charge in [0.25, 0.3) is 0 Å². The minimum absolute atomic E-state index is 0.0421. The number of fused-ring (bicyclic) bond motifs is 2. The zero-order valence-corrected chi connectivity index (χ0v) is 24.4. The van der Waals surface area contributed by atoms with Crippen LogP contribution < -0.4 is 5.32 Å². The van der Waals surface area contributed by atoms with Crippen molar-refractivity contribution in [3.63, 3.8) is 0 Å². The van der Waals surface area contributed by atoms with E-state index < -0.39 is 25.6 Å². The van der Waals surface area contributed by atoms with Crippen molar-refractivity contribution in [1.29, 1.82) is 0 Å². The SMILES string of the molecule is CC(C)(C)OC(=O)N[C@H](CCc1ccccc1)CC(=O)[C@]1(O[Si](C)(C)C)C[C@H]2CC[C@]1(C)C2(C)C. The van der Waals surface area contributed by atoms with Gasteiger partial charge >= 0.3 is 6.09 Å². The van der Waals surface area contributed by atoms with Crippen LogP contribution in [0.3, 0.4) is 0 Å². The average Bonchev–Trinajstić information content (AvgIpc) is 3.02. The number of aryl methyl sites for hydroxylation is 1. The first-order chi connectivity index (χ1) is 16.0. The van der Waals surface area contributed by atoms with Crippen LogP contribution in [0.2, 0.25) is 19.6 Å². The van der Waals surface area contributed by atoms with E-state index in [4.69, 9.17) is 9.16 Å². The molecule has 2 bridgehead atoms. The van der Waals surface area contributed by atoms with Crippen LogP contribution in [0.4, 0.5) is 4.79 Å². The van der Waals surface area contributed by atoms with Crippen molar-refractivity contribution >= 4 is 20.2 Å². The van der Waals surface area contributed by atoms with Crippen LogP contribution in [-0.4, -0.2) is 37.4 Å². The summed E-state index contributed by atoms with van der Waals surface area (Å²) in [6.07, 6.45) is 4.19. The highest BCUT2D eigenvalue weighted by Gasteiger charge is 2.72. The van der Waals surface area contributed by atoms with E-state index >= 15 is 0 Å². The molecule has 1 aromatic rings. The Morgan fingerprint density at radius 2 is 1.74 bits per heavy atom. The molecule has 0 spiro atoms. The van der Waals surface area contributed by atoms with E-state index in [1.165, 1.54) is 5.56 Å². The number of alkyl carbamates (subject to hydrolysis) is 1. The average molecular weight is 502 g/mol. The topological polar surface area (TPSA) is 64.6 Å². The second-order valence-electron chi connectivity index (χ2n) is 13.5. The van der Waals surface area contributed by atoms with Crippen LogP contribution >= 0.6 is 0 Å². The highest BCUT2D eigenvalue weighted by molar-refractivity contribution is 6.70. The molecule has 2 aliphatic rings. The van der Waals surface area contributed by atoms with Gasteiger partial charge in [-0.2, -0.15) is 0 Å². The maximum absolute atomic E-state index is 14.3. The Hall–Kier alpha value is -1.66. The Kier molecular flexibility index (Phi) is 7.70. The number of Topliss-reactive ketones (excluding diaryl/α,β-unsaturated/α-hetero) is 1. The number of benzene rings is 1. The molecule has 1 N–H and O–H groups in total. The number of ketones is 1. The number of hydrogen-bond acceptors (Lipinski definition) is 4.